The maximum Gasteiger partial charge on any atom is 0.169 e. The van der Waals surface area contributed by atoms with Crippen molar-refractivity contribution in [1.29, 1.82) is 0 Å². The van der Waals surface area contributed by atoms with Crippen molar-refractivity contribution in [3.63, 3.8) is 0 Å². The number of hydrogen-bond acceptors (Lipinski definition) is 5. The Morgan fingerprint density at radius 1 is 1.39 bits per heavy atom. The van der Waals surface area contributed by atoms with Crippen LogP contribution in [0, 0.1) is 0 Å². The van der Waals surface area contributed by atoms with Crippen molar-refractivity contribution in [2.75, 3.05) is 20.3 Å². The van der Waals surface area contributed by atoms with Crippen LogP contribution in [-0.2, 0) is 11.3 Å². The van der Waals surface area contributed by atoms with E-state index >= 15 is 0 Å². The van der Waals surface area contributed by atoms with Crippen molar-refractivity contribution in [3.05, 3.63) is 33.9 Å². The molecule has 0 bridgehead atoms. The Morgan fingerprint density at radius 3 is 3.00 bits per heavy atom. The number of aromatic nitrogens is 2. The second kappa shape index (κ2) is 6.94. The van der Waals surface area contributed by atoms with Gasteiger partial charge in [0, 0.05) is 26.4 Å². The zero-order valence-corrected chi connectivity index (χ0v) is 12.4. The van der Waals surface area contributed by atoms with Crippen molar-refractivity contribution in [2.45, 2.75) is 6.54 Å². The lowest BCUT2D eigenvalue weighted by Gasteiger charge is -2.04. The Balaban J connectivity index is 2.01. The molecule has 0 radical (unpaired) electrons. The third kappa shape index (κ3) is 3.84. The van der Waals surface area contributed by atoms with Crippen LogP contribution >= 0.6 is 27.3 Å². The predicted octanol–water partition coefficient (Wildman–Crippen LogP) is 2.70. The van der Waals surface area contributed by atoms with Gasteiger partial charge in [-0.05, 0) is 34.1 Å². The summed E-state index contributed by atoms with van der Waals surface area (Å²) in [6, 6.07) is 5.95. The number of halogens is 1. The van der Waals surface area contributed by atoms with Crippen molar-refractivity contribution in [3.8, 4) is 10.7 Å². The summed E-state index contributed by atoms with van der Waals surface area (Å²) >= 11 is 5.08. The first-order chi connectivity index (χ1) is 8.79. The molecule has 0 fully saturated rings. The standard InChI is InChI=1S/C12H14BrN3OS/c1-17-7-6-14-8-9-4-5-15-12(16-9)10-2-3-11(13)18-10/h2-5,14H,6-8H2,1H3. The summed E-state index contributed by atoms with van der Waals surface area (Å²) in [5.41, 5.74) is 0.987. The van der Waals surface area contributed by atoms with Gasteiger partial charge in [0.05, 0.1) is 21.0 Å². The summed E-state index contributed by atoms with van der Waals surface area (Å²) in [6.45, 7) is 2.25. The fourth-order valence-electron chi connectivity index (χ4n) is 1.44. The van der Waals surface area contributed by atoms with Crippen LogP contribution in [0.4, 0.5) is 0 Å². The molecule has 0 aromatic carbocycles. The molecule has 0 aliphatic carbocycles. The number of thiophene rings is 1. The highest BCUT2D eigenvalue weighted by Gasteiger charge is 2.05. The van der Waals surface area contributed by atoms with Crippen LogP contribution in [0.5, 0.6) is 0 Å². The topological polar surface area (TPSA) is 47.0 Å². The van der Waals surface area contributed by atoms with Crippen LogP contribution in [0.3, 0.4) is 0 Å². The quantitative estimate of drug-likeness (QED) is 0.829. The van der Waals surface area contributed by atoms with Crippen LogP contribution in [0.25, 0.3) is 10.7 Å². The number of nitrogens with zero attached hydrogens (tertiary/aromatic N) is 2. The molecule has 4 nitrogen and oxygen atoms in total. The molecule has 0 unspecified atom stereocenters. The second-order valence-corrected chi connectivity index (χ2v) is 6.11. The lowest BCUT2D eigenvalue weighted by Crippen LogP contribution is -2.19. The molecule has 0 aliphatic rings. The molecule has 0 saturated heterocycles. The van der Waals surface area contributed by atoms with Crippen LogP contribution in [0.15, 0.2) is 28.2 Å². The number of rotatable bonds is 6. The smallest absolute Gasteiger partial charge is 0.169 e. The van der Waals surface area contributed by atoms with Crippen LogP contribution < -0.4 is 5.32 Å². The molecule has 1 N–H and O–H groups in total. The fourth-order valence-corrected chi connectivity index (χ4v) is 2.77. The molecule has 96 valence electrons. The van der Waals surface area contributed by atoms with E-state index < -0.39 is 0 Å². The average Bonchev–Trinajstić information content (AvgIpc) is 2.82. The van der Waals surface area contributed by atoms with Gasteiger partial charge in [-0.25, -0.2) is 9.97 Å². The van der Waals surface area contributed by atoms with E-state index in [9.17, 15) is 0 Å². The molecule has 0 spiro atoms. The summed E-state index contributed by atoms with van der Waals surface area (Å²) in [5.74, 6) is 0.775. The fraction of sp³-hybridized carbons (Fsp3) is 0.333. The number of methoxy groups -OCH3 is 1. The summed E-state index contributed by atoms with van der Waals surface area (Å²) in [6.07, 6.45) is 1.79. The Bertz CT molecular complexity index is 504. The highest BCUT2D eigenvalue weighted by atomic mass is 79.9. The van der Waals surface area contributed by atoms with Gasteiger partial charge in [-0.15, -0.1) is 11.3 Å². The Labute approximate surface area is 119 Å². The van der Waals surface area contributed by atoms with Gasteiger partial charge < -0.3 is 10.1 Å². The highest BCUT2D eigenvalue weighted by Crippen LogP contribution is 2.28. The van der Waals surface area contributed by atoms with Crippen molar-refractivity contribution >= 4 is 27.3 Å². The SMILES string of the molecule is COCCNCc1ccnc(-c2ccc(Br)s2)n1. The monoisotopic (exact) mass is 327 g/mol. The maximum absolute atomic E-state index is 4.98. The van der Waals surface area contributed by atoms with Crippen LogP contribution in [0.2, 0.25) is 0 Å². The zero-order chi connectivity index (χ0) is 12.8. The van der Waals surface area contributed by atoms with Crippen LogP contribution in [-0.4, -0.2) is 30.2 Å². The highest BCUT2D eigenvalue weighted by molar-refractivity contribution is 9.11. The summed E-state index contributed by atoms with van der Waals surface area (Å²) < 4.78 is 6.06. The lowest BCUT2D eigenvalue weighted by molar-refractivity contribution is 0.199. The Morgan fingerprint density at radius 2 is 2.28 bits per heavy atom. The van der Waals surface area contributed by atoms with Crippen LogP contribution in [0.1, 0.15) is 5.69 Å². The summed E-state index contributed by atoms with van der Waals surface area (Å²) in [4.78, 5) is 9.89. The van der Waals surface area contributed by atoms with Crippen molar-refractivity contribution in [2.24, 2.45) is 0 Å². The molecule has 18 heavy (non-hydrogen) atoms. The third-order valence-corrected chi connectivity index (χ3v) is 3.92. The lowest BCUT2D eigenvalue weighted by atomic mass is 10.3. The molecule has 2 aromatic rings. The molecule has 0 saturated carbocycles. The number of hydrogen-bond donors (Lipinski definition) is 1. The van der Waals surface area contributed by atoms with Crippen molar-refractivity contribution < 1.29 is 4.74 Å². The molecule has 2 heterocycles. The Hall–Kier alpha value is -0.820. The van der Waals surface area contributed by atoms with Gasteiger partial charge in [0.15, 0.2) is 5.82 Å². The molecular formula is C12H14BrN3OS. The first-order valence-corrected chi connectivity index (χ1v) is 7.18. The van der Waals surface area contributed by atoms with Gasteiger partial charge in [-0.2, -0.15) is 0 Å². The van der Waals surface area contributed by atoms with E-state index in [1.165, 1.54) is 0 Å². The van der Waals surface area contributed by atoms with Gasteiger partial charge in [0.25, 0.3) is 0 Å². The van der Waals surface area contributed by atoms with Gasteiger partial charge in [0.2, 0.25) is 0 Å². The second-order valence-electron chi connectivity index (χ2n) is 3.64. The van der Waals surface area contributed by atoms with E-state index in [2.05, 4.69) is 31.2 Å². The van der Waals surface area contributed by atoms with E-state index in [0.717, 1.165) is 33.3 Å². The first-order valence-electron chi connectivity index (χ1n) is 5.57. The molecule has 6 heteroatoms. The zero-order valence-electron chi connectivity index (χ0n) is 10.0. The minimum absolute atomic E-state index is 0.704. The molecule has 0 aliphatic heterocycles. The minimum Gasteiger partial charge on any atom is -0.383 e. The van der Waals surface area contributed by atoms with Gasteiger partial charge in [0.1, 0.15) is 0 Å². The minimum atomic E-state index is 0.704. The molecule has 2 rings (SSSR count). The van der Waals surface area contributed by atoms with Gasteiger partial charge in [-0.1, -0.05) is 0 Å². The molecular weight excluding hydrogens is 314 g/mol. The summed E-state index contributed by atoms with van der Waals surface area (Å²) in [5, 5.41) is 3.27. The van der Waals surface area contributed by atoms with Gasteiger partial charge in [-0.3, -0.25) is 0 Å². The number of nitrogens with one attached hydrogen (secondary N) is 1. The molecule has 2 aromatic heterocycles. The van der Waals surface area contributed by atoms with E-state index in [-0.39, 0.29) is 0 Å². The molecule has 0 amide bonds. The van der Waals surface area contributed by atoms with Crippen molar-refractivity contribution in [1.82, 2.24) is 15.3 Å². The van der Waals surface area contributed by atoms with E-state index in [1.54, 1.807) is 24.6 Å². The Kier molecular flexibility index (Phi) is 5.25. The normalized spacial score (nSPS) is 10.8. The van der Waals surface area contributed by atoms with Gasteiger partial charge >= 0.3 is 0 Å². The maximum atomic E-state index is 4.98. The average molecular weight is 328 g/mol. The molecule has 0 atom stereocenters. The first kappa shape index (κ1) is 13.6. The predicted molar refractivity (Wildman–Crippen MR) is 76.6 cm³/mol. The largest absolute Gasteiger partial charge is 0.383 e. The van der Waals surface area contributed by atoms with E-state index in [1.807, 2.05) is 18.2 Å². The van der Waals surface area contributed by atoms with E-state index in [4.69, 9.17) is 4.74 Å². The van der Waals surface area contributed by atoms with E-state index in [0.29, 0.717) is 6.61 Å². The summed E-state index contributed by atoms with van der Waals surface area (Å²) in [7, 11) is 1.69. The third-order valence-electron chi connectivity index (χ3n) is 2.30. The number of ether oxygens (including phenoxy) is 1.